The van der Waals surface area contributed by atoms with Gasteiger partial charge in [-0.25, -0.2) is 9.78 Å². The van der Waals surface area contributed by atoms with Gasteiger partial charge in [-0.1, -0.05) is 37.5 Å². The first-order chi connectivity index (χ1) is 21.9. The number of carbonyl (C=O) groups is 2. The molecule has 1 unspecified atom stereocenters. The second kappa shape index (κ2) is 11.1. The van der Waals surface area contributed by atoms with Crippen LogP contribution in [0.25, 0.3) is 44.3 Å². The predicted molar refractivity (Wildman–Crippen MR) is 178 cm³/mol. The van der Waals surface area contributed by atoms with Gasteiger partial charge in [0.25, 0.3) is 0 Å². The number of ether oxygens (including phenoxy) is 1. The number of aromatic nitrogens is 2. The molecular formula is C37H37N3O4S. The minimum Gasteiger partial charge on any atom is -0.478 e. The number of rotatable bonds is 4. The summed E-state index contributed by atoms with van der Waals surface area (Å²) in [4.78, 5) is 36.3. The minimum atomic E-state index is -0.956. The largest absolute Gasteiger partial charge is 0.478 e. The summed E-state index contributed by atoms with van der Waals surface area (Å²) in [5.74, 6) is -0.522. The Morgan fingerprint density at radius 1 is 0.933 bits per heavy atom. The maximum absolute atomic E-state index is 14.5. The Morgan fingerprint density at radius 2 is 1.71 bits per heavy atom. The van der Waals surface area contributed by atoms with Crippen LogP contribution in [0.2, 0.25) is 0 Å². The number of thiophene rings is 1. The Balaban J connectivity index is 1.39. The number of benzene rings is 2. The highest BCUT2D eigenvalue weighted by atomic mass is 32.1. The third-order valence-corrected chi connectivity index (χ3v) is 11.1. The normalized spacial score (nSPS) is 18.7. The van der Waals surface area contributed by atoms with Crippen molar-refractivity contribution in [3.05, 3.63) is 75.0 Å². The monoisotopic (exact) mass is 619 g/mol. The van der Waals surface area contributed by atoms with E-state index in [9.17, 15) is 14.7 Å². The van der Waals surface area contributed by atoms with Crippen molar-refractivity contribution in [2.24, 2.45) is 0 Å². The zero-order chi connectivity index (χ0) is 30.8. The third-order valence-electron chi connectivity index (χ3n) is 10.2. The van der Waals surface area contributed by atoms with Gasteiger partial charge in [0.1, 0.15) is 6.04 Å². The summed E-state index contributed by atoms with van der Waals surface area (Å²) in [5, 5.41) is 12.1. The van der Waals surface area contributed by atoms with Crippen LogP contribution in [-0.4, -0.2) is 57.7 Å². The highest BCUT2D eigenvalue weighted by molar-refractivity contribution is 7.12. The molecule has 5 aromatic rings. The van der Waals surface area contributed by atoms with Crippen molar-refractivity contribution in [3.8, 4) is 22.5 Å². The molecule has 2 fully saturated rings. The molecule has 1 atom stereocenters. The van der Waals surface area contributed by atoms with Crippen LogP contribution in [0.1, 0.15) is 75.3 Å². The van der Waals surface area contributed by atoms with Crippen LogP contribution in [0.3, 0.4) is 0 Å². The highest BCUT2D eigenvalue weighted by Crippen LogP contribution is 2.50. The van der Waals surface area contributed by atoms with Crippen molar-refractivity contribution in [3.63, 3.8) is 0 Å². The van der Waals surface area contributed by atoms with E-state index in [4.69, 9.17) is 9.72 Å². The number of carbonyl (C=O) groups excluding carboxylic acids is 1. The van der Waals surface area contributed by atoms with Crippen LogP contribution in [0.4, 0.5) is 0 Å². The summed E-state index contributed by atoms with van der Waals surface area (Å²) in [5.41, 5.74) is 8.82. The van der Waals surface area contributed by atoms with Crippen molar-refractivity contribution in [2.45, 2.75) is 64.3 Å². The van der Waals surface area contributed by atoms with Crippen LogP contribution in [-0.2, 0) is 16.0 Å². The molecule has 5 heterocycles. The van der Waals surface area contributed by atoms with Gasteiger partial charge in [0, 0.05) is 51.2 Å². The van der Waals surface area contributed by atoms with Gasteiger partial charge >= 0.3 is 5.97 Å². The molecular weight excluding hydrogens is 582 g/mol. The molecule has 3 aromatic heterocycles. The van der Waals surface area contributed by atoms with Gasteiger partial charge in [-0.3, -0.25) is 4.79 Å². The molecule has 0 spiro atoms. The molecule has 7 nitrogen and oxygen atoms in total. The van der Waals surface area contributed by atoms with Crippen LogP contribution in [0, 0.1) is 13.8 Å². The van der Waals surface area contributed by atoms with E-state index in [1.165, 1.54) is 40.1 Å². The van der Waals surface area contributed by atoms with Crippen molar-refractivity contribution in [2.75, 3.05) is 26.3 Å². The smallest absolute Gasteiger partial charge is 0.335 e. The Hall–Kier alpha value is -4.01. The number of pyridine rings is 1. The summed E-state index contributed by atoms with van der Waals surface area (Å²) in [6.45, 7) is 6.46. The van der Waals surface area contributed by atoms with E-state index in [0.29, 0.717) is 38.6 Å². The summed E-state index contributed by atoms with van der Waals surface area (Å²) < 4.78 is 7.81. The fourth-order valence-corrected chi connectivity index (χ4v) is 9.02. The number of nitrogens with zero attached hydrogens (tertiary/aromatic N) is 3. The van der Waals surface area contributed by atoms with Gasteiger partial charge in [-0.15, -0.1) is 11.3 Å². The number of aryl methyl sites for hydroxylation is 2. The van der Waals surface area contributed by atoms with Gasteiger partial charge in [0.2, 0.25) is 5.91 Å². The van der Waals surface area contributed by atoms with Gasteiger partial charge in [-0.05, 0) is 74.1 Å². The summed E-state index contributed by atoms with van der Waals surface area (Å²) in [7, 11) is 0. The molecule has 45 heavy (non-hydrogen) atoms. The Morgan fingerprint density at radius 3 is 2.44 bits per heavy atom. The molecule has 1 amide bonds. The highest BCUT2D eigenvalue weighted by Gasteiger charge is 2.39. The van der Waals surface area contributed by atoms with Gasteiger partial charge in [0.15, 0.2) is 0 Å². The van der Waals surface area contributed by atoms with Crippen molar-refractivity contribution >= 4 is 45.0 Å². The fraction of sp³-hybridized carbons (Fsp3) is 0.378. The first kappa shape index (κ1) is 28.5. The Kier molecular flexibility index (Phi) is 7.02. The van der Waals surface area contributed by atoms with E-state index in [1.807, 2.05) is 11.0 Å². The van der Waals surface area contributed by atoms with Gasteiger partial charge < -0.3 is 19.3 Å². The molecule has 1 saturated heterocycles. The molecule has 0 bridgehead atoms. The van der Waals surface area contributed by atoms with Crippen molar-refractivity contribution in [1.82, 2.24) is 14.5 Å². The quantitative estimate of drug-likeness (QED) is 0.221. The lowest BCUT2D eigenvalue weighted by atomic mass is 9.80. The average molecular weight is 620 g/mol. The summed E-state index contributed by atoms with van der Waals surface area (Å²) in [6, 6.07) is 15.9. The van der Waals surface area contributed by atoms with Crippen LogP contribution in [0.15, 0.2) is 48.5 Å². The number of carboxylic acids is 1. The molecule has 230 valence electrons. The minimum absolute atomic E-state index is 0.0731. The Bertz CT molecular complexity index is 1990. The molecule has 2 aromatic carbocycles. The molecule has 8 heteroatoms. The predicted octanol–water partition coefficient (Wildman–Crippen LogP) is 7.90. The van der Waals surface area contributed by atoms with Crippen LogP contribution < -0.4 is 0 Å². The standard InChI is InChI=1S/C37H37N3O4S/c1-21-18-28(22(2)45-21)31-12-10-25-29-20-33(36(41)39-14-16-44-17-15-39)40-32-19-24(37(42)43)8-9-27(32)34(23-6-4-3-5-7-23)35(40)26(29)11-13-30(25)38-31/h8-13,18-19,23,33H,3-7,14-17,20H2,1-2H3,(H,42,43). The first-order valence-electron chi connectivity index (χ1n) is 16.2. The lowest BCUT2D eigenvalue weighted by molar-refractivity contribution is -0.138. The molecule has 1 saturated carbocycles. The SMILES string of the molecule is Cc1cc(-c2ccc3c4c(ccc3n2)-c2c(C3CCCCC3)c3ccc(C(=O)O)cc3n2C(C(=O)N2CCOCC2)C4)c(C)s1. The molecule has 8 rings (SSSR count). The van der Waals surface area contributed by atoms with E-state index in [-0.39, 0.29) is 11.5 Å². The van der Waals surface area contributed by atoms with E-state index in [0.717, 1.165) is 57.2 Å². The van der Waals surface area contributed by atoms with E-state index in [2.05, 4.69) is 48.7 Å². The van der Waals surface area contributed by atoms with Gasteiger partial charge in [0.05, 0.1) is 41.2 Å². The number of fused-ring (bicyclic) bond motifs is 7. The maximum Gasteiger partial charge on any atom is 0.335 e. The lowest BCUT2D eigenvalue weighted by Gasteiger charge is -2.35. The van der Waals surface area contributed by atoms with Crippen molar-refractivity contribution < 1.29 is 19.4 Å². The number of aromatic carboxylic acids is 1. The maximum atomic E-state index is 14.5. The molecule has 0 radical (unpaired) electrons. The van der Waals surface area contributed by atoms with Gasteiger partial charge in [-0.2, -0.15) is 0 Å². The van der Waals surface area contributed by atoms with Crippen LogP contribution in [0.5, 0.6) is 0 Å². The molecule has 1 aliphatic carbocycles. The van der Waals surface area contributed by atoms with E-state index >= 15 is 0 Å². The fourth-order valence-electron chi connectivity index (χ4n) is 8.09. The second-order valence-corrected chi connectivity index (χ2v) is 14.3. The number of morpholine rings is 1. The zero-order valence-electron chi connectivity index (χ0n) is 25.8. The van der Waals surface area contributed by atoms with Crippen LogP contribution >= 0.6 is 11.3 Å². The molecule has 3 aliphatic rings. The number of carboxylic acid groups (broad SMARTS) is 1. The van der Waals surface area contributed by atoms with Crippen molar-refractivity contribution in [1.29, 1.82) is 0 Å². The van der Waals surface area contributed by atoms with E-state index in [1.54, 1.807) is 23.5 Å². The molecule has 1 N–H and O–H groups in total. The topological polar surface area (TPSA) is 84.7 Å². The number of amides is 1. The zero-order valence-corrected chi connectivity index (χ0v) is 26.6. The summed E-state index contributed by atoms with van der Waals surface area (Å²) in [6.07, 6.45) is 6.32. The molecule has 2 aliphatic heterocycles. The number of hydrogen-bond donors (Lipinski definition) is 1. The second-order valence-electron chi connectivity index (χ2n) is 12.8. The summed E-state index contributed by atoms with van der Waals surface area (Å²) >= 11 is 1.79. The first-order valence-corrected chi connectivity index (χ1v) is 17.0. The number of hydrogen-bond acceptors (Lipinski definition) is 5. The lowest BCUT2D eigenvalue weighted by Crippen LogP contribution is -2.45. The van der Waals surface area contributed by atoms with E-state index < -0.39 is 12.0 Å². The Labute approximate surface area is 266 Å². The average Bonchev–Trinajstić information content (AvgIpc) is 3.60. The third kappa shape index (κ3) is 4.69.